The van der Waals surface area contributed by atoms with Gasteiger partial charge in [0, 0.05) is 13.2 Å². The van der Waals surface area contributed by atoms with Crippen molar-refractivity contribution >= 4 is 34.8 Å². The highest BCUT2D eigenvalue weighted by Gasteiger charge is 1.89. The number of aliphatic hydroxyl groups is 2. The summed E-state index contributed by atoms with van der Waals surface area (Å²) in [7, 11) is 1.00. The molecule has 0 aromatic heterocycles. The van der Waals surface area contributed by atoms with Gasteiger partial charge in [0.15, 0.2) is 4.30 Å². The number of alkyl halides is 3. The summed E-state index contributed by atoms with van der Waals surface area (Å²) in [5.74, 6) is 0. The molecule has 0 saturated heterocycles. The normalized spacial score (nSPS) is 8.33. The van der Waals surface area contributed by atoms with Crippen molar-refractivity contribution < 1.29 is 15.7 Å². The number of rotatable bonds is 3. The van der Waals surface area contributed by atoms with Crippen LogP contribution in [-0.2, 0) is 0 Å². The molecule has 0 aliphatic carbocycles. The SMILES string of the molecule is CC(C)O.CCN(CC)CC.CO.ClC(Cl)Cl.O. The van der Waals surface area contributed by atoms with E-state index in [-0.39, 0.29) is 11.6 Å². The van der Waals surface area contributed by atoms with Gasteiger partial charge in [0.25, 0.3) is 0 Å². The Balaban J connectivity index is -0.0000000449. The fraction of sp³-hybridized carbons (Fsp3) is 1.00. The second kappa shape index (κ2) is 30.6. The van der Waals surface area contributed by atoms with Crippen molar-refractivity contribution in [3.63, 3.8) is 0 Å². The van der Waals surface area contributed by atoms with E-state index in [0.717, 1.165) is 7.11 Å². The molecule has 0 aromatic rings. The molecule has 0 atom stereocenters. The molecule has 118 valence electrons. The maximum absolute atomic E-state index is 8.06. The Hall–Kier alpha value is 0.710. The summed E-state index contributed by atoms with van der Waals surface area (Å²) in [5, 5.41) is 15.1. The summed E-state index contributed by atoms with van der Waals surface area (Å²) in [6, 6.07) is 0. The van der Waals surface area contributed by atoms with E-state index in [9.17, 15) is 0 Å². The van der Waals surface area contributed by atoms with Gasteiger partial charge >= 0.3 is 0 Å². The highest BCUT2D eigenvalue weighted by atomic mass is 35.6. The summed E-state index contributed by atoms with van der Waals surface area (Å²) in [6.07, 6.45) is -0.167. The minimum atomic E-state index is -0.750. The first kappa shape index (κ1) is 31.2. The summed E-state index contributed by atoms with van der Waals surface area (Å²) < 4.78 is -0.750. The van der Waals surface area contributed by atoms with Crippen molar-refractivity contribution in [3.05, 3.63) is 0 Å². The fourth-order valence-corrected chi connectivity index (χ4v) is 0.671. The van der Waals surface area contributed by atoms with Gasteiger partial charge in [0.1, 0.15) is 0 Å². The molecule has 0 heterocycles. The second-order valence-corrected chi connectivity index (χ2v) is 4.94. The van der Waals surface area contributed by atoms with E-state index in [1.807, 2.05) is 0 Å². The molecular formula is C11H30Cl3NO3. The van der Waals surface area contributed by atoms with Crippen LogP contribution in [0.4, 0.5) is 0 Å². The Labute approximate surface area is 127 Å². The maximum atomic E-state index is 8.06. The minimum absolute atomic E-state index is 0. The Bertz CT molecular complexity index is 88.5. The van der Waals surface area contributed by atoms with Gasteiger partial charge in [-0.1, -0.05) is 55.6 Å². The predicted octanol–water partition coefficient (Wildman–Crippen LogP) is 2.51. The van der Waals surface area contributed by atoms with Gasteiger partial charge in [-0.3, -0.25) is 0 Å². The van der Waals surface area contributed by atoms with E-state index in [2.05, 4.69) is 25.7 Å². The van der Waals surface area contributed by atoms with Gasteiger partial charge in [-0.2, -0.15) is 0 Å². The molecule has 4 N–H and O–H groups in total. The molecule has 0 unspecified atom stereocenters. The first-order valence-corrected chi connectivity index (χ1v) is 6.89. The molecule has 0 spiro atoms. The molecule has 0 saturated carbocycles. The topological polar surface area (TPSA) is 75.2 Å². The quantitative estimate of drug-likeness (QED) is 0.781. The van der Waals surface area contributed by atoms with Crippen molar-refractivity contribution in [2.75, 3.05) is 26.7 Å². The second-order valence-electron chi connectivity index (χ2n) is 2.96. The van der Waals surface area contributed by atoms with Crippen LogP contribution in [0.2, 0.25) is 0 Å². The Morgan fingerprint density at radius 1 is 0.889 bits per heavy atom. The lowest BCUT2D eigenvalue weighted by Gasteiger charge is -2.13. The Morgan fingerprint density at radius 3 is 1.00 bits per heavy atom. The lowest BCUT2D eigenvalue weighted by atomic mass is 10.5. The number of hydrogen-bond acceptors (Lipinski definition) is 3. The lowest BCUT2D eigenvalue weighted by Crippen LogP contribution is -2.21. The van der Waals surface area contributed by atoms with E-state index < -0.39 is 4.30 Å². The van der Waals surface area contributed by atoms with Crippen LogP contribution in [0.5, 0.6) is 0 Å². The standard InChI is InChI=1S/C6H15N.C3H8O.CHCl3.CH4O.H2O/c1-4-7(5-2)6-3;1-3(2)4;2-1(3)4;1-2;/h4-6H2,1-3H3;3-4H,1-2H3;1H;2H,1H3;1H2. The van der Waals surface area contributed by atoms with Crippen LogP contribution < -0.4 is 0 Å². The zero-order valence-corrected chi connectivity index (χ0v) is 14.5. The van der Waals surface area contributed by atoms with Gasteiger partial charge in [-0.05, 0) is 33.5 Å². The van der Waals surface area contributed by atoms with Crippen molar-refractivity contribution in [2.45, 2.75) is 45.0 Å². The van der Waals surface area contributed by atoms with Gasteiger partial charge in [0.2, 0.25) is 0 Å². The Morgan fingerprint density at radius 2 is 1.00 bits per heavy atom. The van der Waals surface area contributed by atoms with Crippen LogP contribution >= 0.6 is 34.8 Å². The molecule has 0 amide bonds. The molecule has 4 nitrogen and oxygen atoms in total. The van der Waals surface area contributed by atoms with Gasteiger partial charge in [-0.15, -0.1) is 0 Å². The highest BCUT2D eigenvalue weighted by molar-refractivity contribution is 6.63. The third-order valence-corrected chi connectivity index (χ3v) is 1.34. The van der Waals surface area contributed by atoms with Crippen LogP contribution in [0.25, 0.3) is 0 Å². The van der Waals surface area contributed by atoms with Crippen molar-refractivity contribution in [2.24, 2.45) is 0 Å². The van der Waals surface area contributed by atoms with Crippen molar-refractivity contribution in [1.29, 1.82) is 0 Å². The monoisotopic (exact) mass is 329 g/mol. The van der Waals surface area contributed by atoms with Gasteiger partial charge in [0.05, 0.1) is 0 Å². The van der Waals surface area contributed by atoms with E-state index in [1.165, 1.54) is 19.6 Å². The molecular weight excluding hydrogens is 300 g/mol. The average molecular weight is 331 g/mol. The van der Waals surface area contributed by atoms with Crippen LogP contribution in [0.3, 0.4) is 0 Å². The first-order valence-electron chi connectivity index (χ1n) is 5.58. The third-order valence-electron chi connectivity index (χ3n) is 1.34. The molecule has 18 heavy (non-hydrogen) atoms. The molecule has 0 aliphatic heterocycles. The Kier molecular flexibility index (Phi) is 53.1. The minimum Gasteiger partial charge on any atom is -0.412 e. The fourth-order valence-electron chi connectivity index (χ4n) is 0.671. The molecule has 0 bridgehead atoms. The zero-order chi connectivity index (χ0) is 14.9. The summed E-state index contributed by atoms with van der Waals surface area (Å²) in [4.78, 5) is 2.38. The summed E-state index contributed by atoms with van der Waals surface area (Å²) >= 11 is 14.4. The van der Waals surface area contributed by atoms with Crippen molar-refractivity contribution in [1.82, 2.24) is 4.90 Å². The first-order chi connectivity index (χ1) is 7.81. The largest absolute Gasteiger partial charge is 0.412 e. The van der Waals surface area contributed by atoms with Crippen molar-refractivity contribution in [3.8, 4) is 0 Å². The molecule has 0 aliphatic rings. The average Bonchev–Trinajstić information content (AvgIpc) is 2.22. The zero-order valence-electron chi connectivity index (χ0n) is 12.3. The van der Waals surface area contributed by atoms with E-state index in [1.54, 1.807) is 13.8 Å². The molecule has 0 radical (unpaired) electrons. The third kappa shape index (κ3) is 91.6. The number of halogens is 3. The van der Waals surface area contributed by atoms with Crippen LogP contribution in [0.1, 0.15) is 34.6 Å². The molecule has 0 aromatic carbocycles. The predicted molar refractivity (Wildman–Crippen MR) is 83.9 cm³/mol. The lowest BCUT2D eigenvalue weighted by molar-refractivity contribution is 0.216. The van der Waals surface area contributed by atoms with Gasteiger partial charge in [-0.25, -0.2) is 0 Å². The van der Waals surface area contributed by atoms with E-state index in [4.69, 9.17) is 45.0 Å². The van der Waals surface area contributed by atoms with Crippen LogP contribution in [-0.4, -0.2) is 57.7 Å². The van der Waals surface area contributed by atoms with Crippen LogP contribution in [0, 0.1) is 0 Å². The van der Waals surface area contributed by atoms with Crippen LogP contribution in [0.15, 0.2) is 0 Å². The number of aliphatic hydroxyl groups excluding tert-OH is 2. The molecule has 0 fully saturated rings. The molecule has 7 heteroatoms. The van der Waals surface area contributed by atoms with E-state index in [0.29, 0.717) is 0 Å². The maximum Gasteiger partial charge on any atom is 0.180 e. The highest BCUT2D eigenvalue weighted by Crippen LogP contribution is 2.03. The van der Waals surface area contributed by atoms with E-state index >= 15 is 0 Å². The smallest absolute Gasteiger partial charge is 0.180 e. The van der Waals surface area contributed by atoms with Gasteiger partial charge < -0.3 is 20.6 Å². The number of nitrogens with zero attached hydrogens (tertiary/aromatic N) is 1. The summed E-state index contributed by atoms with van der Waals surface area (Å²) in [6.45, 7) is 13.6. The number of hydrogen-bond donors (Lipinski definition) is 2. The molecule has 0 rings (SSSR count). The summed E-state index contributed by atoms with van der Waals surface area (Å²) in [5.41, 5.74) is 0.